The summed E-state index contributed by atoms with van der Waals surface area (Å²) in [6.45, 7) is 0. The van der Waals surface area contributed by atoms with Crippen molar-refractivity contribution in [1.82, 2.24) is 0 Å². The van der Waals surface area contributed by atoms with E-state index < -0.39 is 11.5 Å². The summed E-state index contributed by atoms with van der Waals surface area (Å²) in [6, 6.07) is 14.7. The van der Waals surface area contributed by atoms with Crippen LogP contribution in [0.5, 0.6) is 0 Å². The van der Waals surface area contributed by atoms with Gasteiger partial charge in [-0.1, -0.05) is 30.3 Å². The Morgan fingerprint density at radius 2 is 2.00 bits per heavy atom. The Morgan fingerprint density at radius 3 is 2.76 bits per heavy atom. The average Bonchev–Trinajstić information content (AvgIpc) is 2.47. The van der Waals surface area contributed by atoms with Gasteiger partial charge in [0.2, 0.25) is 0 Å². The molecule has 2 atom stereocenters. The SMILES string of the molecule is NC1(C(=O)O)CCCC(Sc2ccc3ccccc3c2)C1. The molecule has 110 valence electrons. The van der Waals surface area contributed by atoms with Gasteiger partial charge in [-0.2, -0.15) is 0 Å². The molecule has 1 aliphatic rings. The van der Waals surface area contributed by atoms with E-state index in [1.54, 1.807) is 11.8 Å². The van der Waals surface area contributed by atoms with Crippen molar-refractivity contribution in [3.05, 3.63) is 42.5 Å². The van der Waals surface area contributed by atoms with Crippen LogP contribution in [0.15, 0.2) is 47.4 Å². The Kier molecular flexibility index (Phi) is 3.91. The van der Waals surface area contributed by atoms with Crippen molar-refractivity contribution in [3.8, 4) is 0 Å². The molecule has 1 saturated carbocycles. The number of thioether (sulfide) groups is 1. The van der Waals surface area contributed by atoms with E-state index in [1.165, 1.54) is 15.7 Å². The third kappa shape index (κ3) is 3.06. The van der Waals surface area contributed by atoms with E-state index in [9.17, 15) is 9.90 Å². The average molecular weight is 301 g/mol. The van der Waals surface area contributed by atoms with Gasteiger partial charge in [0.25, 0.3) is 0 Å². The van der Waals surface area contributed by atoms with E-state index in [0.717, 1.165) is 12.8 Å². The molecular weight excluding hydrogens is 282 g/mol. The van der Waals surface area contributed by atoms with Gasteiger partial charge in [-0.25, -0.2) is 0 Å². The summed E-state index contributed by atoms with van der Waals surface area (Å²) in [5, 5.41) is 12.0. The van der Waals surface area contributed by atoms with Gasteiger partial charge in [-0.05, 0) is 48.6 Å². The maximum Gasteiger partial charge on any atom is 0.323 e. The van der Waals surface area contributed by atoms with E-state index >= 15 is 0 Å². The molecule has 0 bridgehead atoms. The van der Waals surface area contributed by atoms with Crippen LogP contribution in [-0.4, -0.2) is 21.9 Å². The van der Waals surface area contributed by atoms with E-state index in [0.29, 0.717) is 12.8 Å². The third-order valence-corrected chi connectivity index (χ3v) is 5.45. The number of rotatable bonds is 3. The molecule has 0 saturated heterocycles. The topological polar surface area (TPSA) is 63.3 Å². The Hall–Kier alpha value is -1.52. The fourth-order valence-corrected chi connectivity index (χ4v) is 4.38. The minimum absolute atomic E-state index is 0.279. The highest BCUT2D eigenvalue weighted by atomic mass is 32.2. The molecule has 3 N–H and O–H groups in total. The number of hydrogen-bond acceptors (Lipinski definition) is 3. The summed E-state index contributed by atoms with van der Waals surface area (Å²) >= 11 is 1.76. The molecule has 2 aromatic carbocycles. The summed E-state index contributed by atoms with van der Waals surface area (Å²) in [5.74, 6) is -0.869. The normalized spacial score (nSPS) is 25.9. The molecule has 0 aromatic heterocycles. The van der Waals surface area contributed by atoms with Gasteiger partial charge in [0, 0.05) is 10.1 Å². The highest BCUT2D eigenvalue weighted by molar-refractivity contribution is 8.00. The minimum atomic E-state index is -1.05. The summed E-state index contributed by atoms with van der Waals surface area (Å²) in [4.78, 5) is 12.5. The lowest BCUT2D eigenvalue weighted by molar-refractivity contribution is -0.144. The number of benzene rings is 2. The first-order valence-corrected chi connectivity index (χ1v) is 8.12. The smallest absolute Gasteiger partial charge is 0.323 e. The third-order valence-electron chi connectivity index (χ3n) is 4.19. The Bertz CT molecular complexity index is 673. The first-order chi connectivity index (χ1) is 10.1. The van der Waals surface area contributed by atoms with Crippen LogP contribution in [0.2, 0.25) is 0 Å². The second kappa shape index (κ2) is 5.70. The molecule has 0 heterocycles. The van der Waals surface area contributed by atoms with Crippen molar-refractivity contribution in [1.29, 1.82) is 0 Å². The number of hydrogen-bond donors (Lipinski definition) is 2. The van der Waals surface area contributed by atoms with Gasteiger partial charge in [0.1, 0.15) is 5.54 Å². The van der Waals surface area contributed by atoms with Crippen LogP contribution >= 0.6 is 11.8 Å². The molecule has 3 rings (SSSR count). The zero-order valence-electron chi connectivity index (χ0n) is 11.8. The number of carboxylic acids is 1. The van der Waals surface area contributed by atoms with Crippen molar-refractivity contribution in [2.24, 2.45) is 5.73 Å². The van der Waals surface area contributed by atoms with Gasteiger partial charge in [-0.3, -0.25) is 4.79 Å². The molecule has 0 aliphatic heterocycles. The van der Waals surface area contributed by atoms with Crippen LogP contribution in [0.3, 0.4) is 0 Å². The lowest BCUT2D eigenvalue weighted by Gasteiger charge is -2.34. The Labute approximate surface area is 128 Å². The largest absolute Gasteiger partial charge is 0.480 e. The zero-order chi connectivity index (χ0) is 14.9. The lowest BCUT2D eigenvalue weighted by atomic mass is 9.82. The Balaban J connectivity index is 1.77. The quantitative estimate of drug-likeness (QED) is 0.908. The van der Waals surface area contributed by atoms with Crippen molar-refractivity contribution >= 4 is 28.5 Å². The molecule has 1 aliphatic carbocycles. The van der Waals surface area contributed by atoms with Gasteiger partial charge in [-0.15, -0.1) is 11.8 Å². The van der Waals surface area contributed by atoms with Crippen LogP contribution in [0.4, 0.5) is 0 Å². The molecule has 0 amide bonds. The molecule has 2 unspecified atom stereocenters. The first kappa shape index (κ1) is 14.4. The van der Waals surface area contributed by atoms with Crippen LogP contribution in [-0.2, 0) is 4.79 Å². The summed E-state index contributed by atoms with van der Waals surface area (Å²) in [7, 11) is 0. The zero-order valence-corrected chi connectivity index (χ0v) is 12.6. The van der Waals surface area contributed by atoms with Gasteiger partial charge in [0.15, 0.2) is 0 Å². The fraction of sp³-hybridized carbons (Fsp3) is 0.353. The monoisotopic (exact) mass is 301 g/mol. The number of carbonyl (C=O) groups is 1. The Morgan fingerprint density at radius 1 is 1.24 bits per heavy atom. The van der Waals surface area contributed by atoms with Gasteiger partial charge >= 0.3 is 5.97 Å². The minimum Gasteiger partial charge on any atom is -0.480 e. The van der Waals surface area contributed by atoms with Crippen LogP contribution in [0, 0.1) is 0 Å². The van der Waals surface area contributed by atoms with Crippen molar-refractivity contribution < 1.29 is 9.90 Å². The molecule has 3 nitrogen and oxygen atoms in total. The predicted octanol–water partition coefficient (Wildman–Crippen LogP) is 3.66. The summed E-state index contributed by atoms with van der Waals surface area (Å²) in [5.41, 5.74) is 4.97. The van der Waals surface area contributed by atoms with Gasteiger partial charge < -0.3 is 10.8 Å². The molecule has 21 heavy (non-hydrogen) atoms. The molecular formula is C17H19NO2S. The molecule has 2 aromatic rings. The van der Waals surface area contributed by atoms with E-state index in [4.69, 9.17) is 5.73 Å². The van der Waals surface area contributed by atoms with E-state index in [-0.39, 0.29) is 5.25 Å². The van der Waals surface area contributed by atoms with Crippen molar-refractivity contribution in [3.63, 3.8) is 0 Å². The molecule has 0 spiro atoms. The van der Waals surface area contributed by atoms with Crippen molar-refractivity contribution in [2.45, 2.75) is 41.4 Å². The second-order valence-electron chi connectivity index (χ2n) is 5.81. The summed E-state index contributed by atoms with van der Waals surface area (Å²) < 4.78 is 0. The van der Waals surface area contributed by atoms with Crippen LogP contribution in [0.1, 0.15) is 25.7 Å². The maximum absolute atomic E-state index is 11.3. The first-order valence-electron chi connectivity index (χ1n) is 7.25. The predicted molar refractivity (Wildman–Crippen MR) is 86.6 cm³/mol. The lowest BCUT2D eigenvalue weighted by Crippen LogP contribution is -2.51. The highest BCUT2D eigenvalue weighted by Crippen LogP contribution is 2.38. The molecule has 4 heteroatoms. The van der Waals surface area contributed by atoms with Gasteiger partial charge in [0.05, 0.1) is 0 Å². The van der Waals surface area contributed by atoms with Crippen LogP contribution < -0.4 is 5.73 Å². The molecule has 1 fully saturated rings. The standard InChI is InChI=1S/C17H19NO2S/c18-17(16(19)20)9-3-6-15(11-17)21-14-8-7-12-4-1-2-5-13(12)10-14/h1-2,4-5,7-8,10,15H,3,6,9,11,18H2,(H,19,20). The van der Waals surface area contributed by atoms with Crippen molar-refractivity contribution in [2.75, 3.05) is 0 Å². The van der Waals surface area contributed by atoms with Crippen LogP contribution in [0.25, 0.3) is 10.8 Å². The fourth-order valence-electron chi connectivity index (χ4n) is 2.98. The second-order valence-corrected chi connectivity index (χ2v) is 7.18. The van der Waals surface area contributed by atoms with E-state index in [2.05, 4.69) is 30.3 Å². The number of nitrogens with two attached hydrogens (primary N) is 1. The maximum atomic E-state index is 11.3. The number of fused-ring (bicyclic) bond motifs is 1. The molecule has 0 radical (unpaired) electrons. The number of aliphatic carboxylic acids is 1. The van der Waals surface area contributed by atoms with E-state index in [1.807, 2.05) is 12.1 Å². The highest BCUT2D eigenvalue weighted by Gasteiger charge is 2.39. The number of carboxylic acid groups (broad SMARTS) is 1. The summed E-state index contributed by atoms with van der Waals surface area (Å²) in [6.07, 6.45) is 3.04.